The minimum atomic E-state index is -0.552. The van der Waals surface area contributed by atoms with Gasteiger partial charge in [0.1, 0.15) is 0 Å². The molecule has 8 rings (SSSR count). The van der Waals surface area contributed by atoms with Crippen molar-refractivity contribution < 1.29 is 18.3 Å². The van der Waals surface area contributed by atoms with Gasteiger partial charge in [-0.1, -0.05) is 23.2 Å². The van der Waals surface area contributed by atoms with Crippen LogP contribution in [0.2, 0.25) is 10.0 Å². The molecular weight excluding hydrogens is 737 g/mol. The predicted molar refractivity (Wildman–Crippen MR) is 201 cm³/mol. The monoisotopic (exact) mass is 770 g/mol. The molecule has 16 heteroatoms. The van der Waals surface area contributed by atoms with Crippen molar-refractivity contribution in [1.29, 1.82) is 0 Å². The zero-order valence-electron chi connectivity index (χ0n) is 29.7. The van der Waals surface area contributed by atoms with Gasteiger partial charge in [0.05, 0.1) is 47.7 Å². The molecule has 0 amide bonds. The molecule has 6 heterocycles. The first-order valence-corrected chi connectivity index (χ1v) is 17.8. The summed E-state index contributed by atoms with van der Waals surface area (Å²) in [5.74, 6) is 1.19. The van der Waals surface area contributed by atoms with Crippen LogP contribution < -0.4 is 19.3 Å². The second kappa shape index (κ2) is 15.8. The number of nitrogens with zero attached hydrogens (tertiary/aromatic N) is 10. The molecule has 2 aromatic carbocycles. The van der Waals surface area contributed by atoms with E-state index < -0.39 is 11.6 Å². The Morgan fingerprint density at radius 1 is 0.593 bits per heavy atom. The molecule has 12 nitrogen and oxygen atoms in total. The van der Waals surface area contributed by atoms with E-state index in [1.807, 2.05) is 12.4 Å². The van der Waals surface area contributed by atoms with Crippen molar-refractivity contribution in [3.63, 3.8) is 0 Å². The zero-order valence-corrected chi connectivity index (χ0v) is 31.2. The Labute approximate surface area is 320 Å². The highest BCUT2D eigenvalue weighted by molar-refractivity contribution is 6.31. The Kier molecular flexibility index (Phi) is 10.7. The van der Waals surface area contributed by atoms with E-state index >= 15 is 0 Å². The van der Waals surface area contributed by atoms with Crippen LogP contribution in [0.25, 0.3) is 23.3 Å². The molecule has 54 heavy (non-hydrogen) atoms. The van der Waals surface area contributed by atoms with Crippen LogP contribution in [0, 0.1) is 11.6 Å². The van der Waals surface area contributed by atoms with Crippen LogP contribution in [0.5, 0.6) is 11.5 Å². The molecule has 0 bridgehead atoms. The van der Waals surface area contributed by atoms with E-state index in [0.29, 0.717) is 36.4 Å². The third-order valence-electron chi connectivity index (χ3n) is 9.41. The van der Waals surface area contributed by atoms with Crippen molar-refractivity contribution >= 4 is 34.6 Å². The number of ether oxygens (including phenoxy) is 2. The Morgan fingerprint density at radius 2 is 0.981 bits per heavy atom. The number of fused-ring (bicyclic) bond motifs is 2. The second-order valence-corrected chi connectivity index (χ2v) is 13.3. The molecule has 0 unspecified atom stereocenters. The first kappa shape index (κ1) is 36.7. The lowest BCUT2D eigenvalue weighted by Gasteiger charge is -2.36. The fraction of sp³-hybridized carbons (Fsp3) is 0.263. The SMILES string of the molecule is COc1cc(N2CCc3nc(-c4ncccn4)ncc3[C@@H]2C)cc(Cl)c1F.COc1cc(N2CCc3nc(-c4ncccn4)ncc3[C@H]2C)cc(Cl)c1F. The number of hydrogen-bond acceptors (Lipinski definition) is 12. The molecule has 276 valence electrons. The van der Waals surface area contributed by atoms with Gasteiger partial charge in [-0.2, -0.15) is 0 Å². The minimum Gasteiger partial charge on any atom is -0.494 e. The summed E-state index contributed by atoms with van der Waals surface area (Å²) in [6.07, 6.45) is 11.7. The third-order valence-corrected chi connectivity index (χ3v) is 9.96. The second-order valence-electron chi connectivity index (χ2n) is 12.5. The smallest absolute Gasteiger partial charge is 0.197 e. The third kappa shape index (κ3) is 7.31. The number of benzene rings is 2. The van der Waals surface area contributed by atoms with Crippen molar-refractivity contribution in [3.8, 4) is 34.8 Å². The molecule has 0 spiro atoms. The van der Waals surface area contributed by atoms with Gasteiger partial charge in [-0.25, -0.2) is 48.7 Å². The summed E-state index contributed by atoms with van der Waals surface area (Å²) < 4.78 is 38.2. The summed E-state index contributed by atoms with van der Waals surface area (Å²) in [4.78, 5) is 39.3. The summed E-state index contributed by atoms with van der Waals surface area (Å²) in [7, 11) is 2.85. The highest BCUT2D eigenvalue weighted by atomic mass is 35.5. The van der Waals surface area contributed by atoms with Crippen molar-refractivity contribution in [2.75, 3.05) is 37.1 Å². The van der Waals surface area contributed by atoms with Gasteiger partial charge in [0, 0.05) is 97.7 Å². The minimum absolute atomic E-state index is 0.00530. The van der Waals surface area contributed by atoms with Crippen molar-refractivity contribution in [3.05, 3.63) is 118 Å². The number of rotatable bonds is 6. The summed E-state index contributed by atoms with van der Waals surface area (Å²) in [6, 6.07) is 10.1. The van der Waals surface area contributed by atoms with Gasteiger partial charge in [-0.3, -0.25) is 0 Å². The summed E-state index contributed by atoms with van der Waals surface area (Å²) >= 11 is 12.1. The molecule has 4 aromatic heterocycles. The highest BCUT2D eigenvalue weighted by Gasteiger charge is 2.29. The molecule has 0 N–H and O–H groups in total. The molecular formula is C38H34Cl2F2N10O2. The van der Waals surface area contributed by atoms with E-state index in [4.69, 9.17) is 32.7 Å². The molecule has 0 saturated carbocycles. The van der Waals surface area contributed by atoms with Gasteiger partial charge in [0.25, 0.3) is 0 Å². The van der Waals surface area contributed by atoms with E-state index in [-0.39, 0.29) is 33.6 Å². The fourth-order valence-electron chi connectivity index (χ4n) is 6.61. The average molecular weight is 772 g/mol. The normalized spacial score (nSPS) is 16.1. The van der Waals surface area contributed by atoms with Gasteiger partial charge >= 0.3 is 0 Å². The Bertz CT molecular complexity index is 2130. The van der Waals surface area contributed by atoms with E-state index in [0.717, 1.165) is 46.7 Å². The molecule has 0 radical (unpaired) electrons. The number of methoxy groups -OCH3 is 2. The van der Waals surface area contributed by atoms with Gasteiger partial charge in [-0.05, 0) is 38.1 Å². The van der Waals surface area contributed by atoms with Gasteiger partial charge in [-0.15, -0.1) is 0 Å². The van der Waals surface area contributed by atoms with E-state index in [9.17, 15) is 8.78 Å². The molecule has 2 aliphatic rings. The Hall–Kier alpha value is -5.60. The van der Waals surface area contributed by atoms with Crippen LogP contribution in [0.3, 0.4) is 0 Å². The first-order valence-electron chi connectivity index (χ1n) is 17.0. The van der Waals surface area contributed by atoms with Crippen LogP contribution in [0.4, 0.5) is 20.2 Å². The largest absolute Gasteiger partial charge is 0.494 e. The van der Waals surface area contributed by atoms with Gasteiger partial charge in [0.15, 0.2) is 46.4 Å². The van der Waals surface area contributed by atoms with Crippen molar-refractivity contribution in [1.82, 2.24) is 39.9 Å². The van der Waals surface area contributed by atoms with Crippen molar-refractivity contribution in [2.45, 2.75) is 38.8 Å². The maximum absolute atomic E-state index is 14.0. The van der Waals surface area contributed by atoms with E-state index in [1.165, 1.54) is 14.2 Å². The topological polar surface area (TPSA) is 128 Å². The Balaban J connectivity index is 0.000000167. The van der Waals surface area contributed by atoms with Crippen LogP contribution in [-0.4, -0.2) is 67.2 Å². The maximum atomic E-state index is 14.0. The molecule has 2 aliphatic heterocycles. The Morgan fingerprint density at radius 3 is 1.35 bits per heavy atom. The zero-order chi connectivity index (χ0) is 37.9. The number of hydrogen-bond donors (Lipinski definition) is 0. The molecule has 6 aromatic rings. The summed E-state index contributed by atoms with van der Waals surface area (Å²) in [6.45, 7) is 5.55. The van der Waals surface area contributed by atoms with Gasteiger partial charge < -0.3 is 19.3 Å². The predicted octanol–water partition coefficient (Wildman–Crippen LogP) is 7.72. The number of anilines is 2. The quantitative estimate of drug-likeness (QED) is 0.165. The van der Waals surface area contributed by atoms with Crippen molar-refractivity contribution in [2.24, 2.45) is 0 Å². The molecule has 0 aliphatic carbocycles. The standard InChI is InChI=1S/2C19H17ClFN5O/c2*1-11-13-10-24-19(18-22-5-3-6-23-18)25-15(13)4-7-26(11)12-8-14(20)17(21)16(9-12)27-2/h2*3,5-6,8-11H,4,7H2,1-2H3/t2*11-/m10/s1. The lowest BCUT2D eigenvalue weighted by molar-refractivity contribution is 0.386. The number of halogens is 4. The van der Waals surface area contributed by atoms with Gasteiger partial charge in [0.2, 0.25) is 0 Å². The van der Waals surface area contributed by atoms with Crippen LogP contribution in [0.1, 0.15) is 48.4 Å². The molecule has 2 atom stereocenters. The maximum Gasteiger partial charge on any atom is 0.197 e. The molecule has 0 fully saturated rings. The molecule has 0 saturated heterocycles. The first-order chi connectivity index (χ1) is 26.2. The van der Waals surface area contributed by atoms with Crippen LogP contribution in [-0.2, 0) is 12.8 Å². The van der Waals surface area contributed by atoms with Crippen LogP contribution in [0.15, 0.2) is 73.6 Å². The lowest BCUT2D eigenvalue weighted by Crippen LogP contribution is -2.34. The average Bonchev–Trinajstić information content (AvgIpc) is 3.21. The van der Waals surface area contributed by atoms with Crippen LogP contribution >= 0.6 is 23.2 Å². The lowest BCUT2D eigenvalue weighted by atomic mass is 9.98. The van der Waals surface area contributed by atoms with E-state index in [1.54, 1.807) is 61.2 Å². The number of aromatic nitrogens is 8. The summed E-state index contributed by atoms with van der Waals surface area (Å²) in [5, 5.41) is 0.0744. The highest BCUT2D eigenvalue weighted by Crippen LogP contribution is 2.39. The summed E-state index contributed by atoms with van der Waals surface area (Å²) in [5.41, 5.74) is 5.56. The van der Waals surface area contributed by atoms with E-state index in [2.05, 4.69) is 63.5 Å². The fourth-order valence-corrected chi connectivity index (χ4v) is 7.02.